The van der Waals surface area contributed by atoms with E-state index in [4.69, 9.17) is 38.2 Å². The fourth-order valence-corrected chi connectivity index (χ4v) is 6.49. The first-order valence-electron chi connectivity index (χ1n) is 11.6. The van der Waals surface area contributed by atoms with E-state index in [1.807, 2.05) is 6.92 Å². The molecule has 4 N–H and O–H groups in total. The maximum atomic E-state index is 14.8. The molecule has 556 valence electrons. The Morgan fingerprint density at radius 3 is 1.18 bits per heavy atom. The number of aromatic amines is 1. The van der Waals surface area contributed by atoms with Gasteiger partial charge < -0.3 is 10.5 Å². The van der Waals surface area contributed by atoms with Gasteiger partial charge >= 0.3 is 0 Å². The number of sulfone groups is 1. The monoisotopic (exact) mass is 1340 g/mol. The zero-order valence-electron chi connectivity index (χ0n) is 21.5. The van der Waals surface area contributed by atoms with Crippen LogP contribution in [0.15, 0.2) is 81.5 Å². The maximum absolute atomic E-state index is 14.8. The van der Waals surface area contributed by atoms with E-state index in [-0.39, 0.29) is 339 Å². The minimum atomic E-state index is -4.02. The molecule has 10 nitrogen and oxygen atoms in total. The van der Waals surface area contributed by atoms with Crippen LogP contribution in [-0.2, 0) is 25.7 Å². The molecule has 0 unspecified atom stereocenters. The molecule has 0 aliphatic carbocycles. The molecule has 0 spiro atoms. The van der Waals surface area contributed by atoms with Crippen molar-refractivity contribution in [2.24, 2.45) is 0 Å². The summed E-state index contributed by atoms with van der Waals surface area (Å²) in [5.41, 5.74) is 9.69. The molecule has 5 aromatic rings. The van der Waals surface area contributed by atoms with E-state index in [1.165, 1.54) is 35.2 Å². The number of ether oxygens (including phenoxy) is 1. The van der Waals surface area contributed by atoms with Gasteiger partial charge in [-0.25, -0.2) is 17.8 Å². The topological polar surface area (TPSA) is 165 Å². The molecule has 0 radical (unpaired) electrons. The van der Waals surface area contributed by atoms with E-state index in [0.717, 1.165) is 17.7 Å². The Bertz CT molecular complexity index is 1950. The van der Waals surface area contributed by atoms with Crippen LogP contribution in [-0.4, -0.2) is 36.6 Å². The highest BCUT2D eigenvalue weighted by molar-refractivity contribution is 7.90. The van der Waals surface area contributed by atoms with Crippen LogP contribution >= 0.6 is 34.5 Å². The summed E-state index contributed by atoms with van der Waals surface area (Å²) in [5, 5.41) is 8.40. The third-order valence-corrected chi connectivity index (χ3v) is 9.27. The first-order chi connectivity index (χ1) is 19.7. The van der Waals surface area contributed by atoms with E-state index in [0.29, 0.717) is 21.8 Å². The molecule has 0 saturated heterocycles. The maximum Gasteiger partial charge on any atom is 0.294 e. The fraction of sp³-hybridized carbons (Fsp3) is 0.647. The molecule has 0 amide bonds. The van der Waals surface area contributed by atoms with Crippen LogP contribution in [0.25, 0.3) is 11.1 Å². The molecule has 0 aliphatic rings. The van der Waals surface area contributed by atoms with Crippen molar-refractivity contribution in [3.05, 3.63) is 98.8 Å². The van der Waals surface area contributed by atoms with Gasteiger partial charge in [-0.2, -0.15) is 13.5 Å². The lowest BCUT2D eigenvalue weighted by Crippen LogP contribution is -2.08. The fourth-order valence-electron chi connectivity index (χ4n) is 3.55. The average Bonchev–Trinajstić information content (AvgIpc) is 3.58. The number of nitrogens with one attached hydrogen (secondary N) is 1. The number of halogens is 3. The van der Waals surface area contributed by atoms with Gasteiger partial charge in [-0.3, -0.25) is 9.65 Å². The molecule has 2 aromatic heterocycles. The zero-order chi connectivity index (χ0) is 30.7. The third kappa shape index (κ3) is 78.5. The predicted molar refractivity (Wildman–Crippen MR) is 442 cm³/mol. The van der Waals surface area contributed by atoms with Gasteiger partial charge in [0, 0.05) is 27.6 Å². The van der Waals surface area contributed by atoms with Gasteiger partial charge in [-0.15, -0.1) is 11.3 Å². The number of nitrogens with zero attached hydrogens (tertiary/aromatic N) is 2. The van der Waals surface area contributed by atoms with Gasteiger partial charge in [0.05, 0.1) is 33.1 Å². The Morgan fingerprint density at radius 2 is 0.881 bits per heavy atom. The number of thiazole rings is 1. The minimum Gasteiger partial charge on any atom is -0.455 e. The van der Waals surface area contributed by atoms with Gasteiger partial charge in [0.2, 0.25) is 0 Å². The normalized spacial score (nSPS) is 5.77. The highest BCUT2D eigenvalue weighted by Crippen LogP contribution is 2.40. The van der Waals surface area contributed by atoms with Crippen molar-refractivity contribution in [2.45, 2.75) is 334 Å². The van der Waals surface area contributed by atoms with E-state index < -0.39 is 36.4 Å². The smallest absolute Gasteiger partial charge is 0.294 e. The molecule has 0 atom stereocenters. The Kier molecular flexibility index (Phi) is 441. The summed E-state index contributed by atoms with van der Waals surface area (Å²) in [5.74, 6) is -0.944. The average molecular weight is 1350 g/mol. The Morgan fingerprint density at radius 1 is 0.524 bits per heavy atom. The second-order valence-corrected chi connectivity index (χ2v) is 13.6. The summed E-state index contributed by atoms with van der Waals surface area (Å²) in [4.78, 5) is 3.33. The summed E-state index contributed by atoms with van der Waals surface area (Å²) in [6, 6.07) is 12.7. The second-order valence-electron chi connectivity index (χ2n) is 8.68. The SMILES string of the molecule is C.C.C.C.C.C.C.C.C.C.C.C.C.C.C.C.C.C.C.C.C.C.C.C.C.C.C.C.C.C.C.C.C.C.C.C.C.C.C.C.C.C.Cc1ccc(S(=O)(=O)O)cc1.Nc1[nH]ncc1-c1cc(Cl)ccc1Oc1cc(F)c(S(=O)(=O)Cc2cscn2)cc1Cl. The van der Waals surface area contributed by atoms with Crippen LogP contribution < -0.4 is 10.5 Å². The highest BCUT2D eigenvalue weighted by atomic mass is 35.5. The molecule has 2 heterocycles. The van der Waals surface area contributed by atoms with Crippen molar-refractivity contribution in [1.29, 1.82) is 0 Å². The number of nitrogen functional groups attached to an aromatic ring is 1. The number of anilines is 1. The van der Waals surface area contributed by atoms with Crippen LogP contribution in [0.3, 0.4) is 0 Å². The predicted octanol–water partition coefficient (Wildman–Crippen LogP) is 33.3. The van der Waals surface area contributed by atoms with Gasteiger partial charge in [0.15, 0.2) is 9.84 Å². The Hall–Kier alpha value is -3.53. The van der Waals surface area contributed by atoms with E-state index in [2.05, 4.69) is 15.2 Å². The number of H-pyrrole nitrogens is 1. The summed E-state index contributed by atoms with van der Waals surface area (Å²) in [6.45, 7) is 1.84. The third-order valence-electron chi connectivity index (χ3n) is 5.58. The molecular weight excluding hydrogens is 1150 g/mol. The van der Waals surface area contributed by atoms with Gasteiger partial charge in [-0.05, 0) is 43.3 Å². The van der Waals surface area contributed by atoms with Gasteiger partial charge in [0.25, 0.3) is 10.1 Å². The van der Waals surface area contributed by atoms with Crippen molar-refractivity contribution < 1.29 is 30.5 Å². The number of benzene rings is 3. The number of hydrogen-bond acceptors (Lipinski definition) is 9. The van der Waals surface area contributed by atoms with Crippen molar-refractivity contribution in [2.75, 3.05) is 5.73 Å². The molecule has 0 saturated carbocycles. The highest BCUT2D eigenvalue weighted by Gasteiger charge is 2.24. The summed E-state index contributed by atoms with van der Waals surface area (Å²) in [7, 11) is -8.02. The largest absolute Gasteiger partial charge is 0.455 e. The van der Waals surface area contributed by atoms with Gasteiger partial charge in [-0.1, -0.05) is 353 Å². The minimum absolute atomic E-state index is 0. The molecule has 5 rings (SSSR count). The molecule has 0 aliphatic heterocycles. The lowest BCUT2D eigenvalue weighted by atomic mass is 10.1. The number of aryl methyl sites for hydroxylation is 1. The summed E-state index contributed by atoms with van der Waals surface area (Å²) in [6.07, 6.45) is 1.49. The Balaban J connectivity index is -0.00000000963. The first-order valence-corrected chi connectivity index (χ1v) is 16.4. The van der Waals surface area contributed by atoms with E-state index in [1.54, 1.807) is 35.7 Å². The van der Waals surface area contributed by atoms with Crippen molar-refractivity contribution >= 4 is 60.3 Å². The quantitative estimate of drug-likeness (QED) is 0.135. The molecule has 16 heteroatoms. The van der Waals surface area contributed by atoms with Crippen molar-refractivity contribution in [3.63, 3.8) is 0 Å². The van der Waals surface area contributed by atoms with Crippen LogP contribution in [0.5, 0.6) is 11.5 Å². The molecule has 3 aromatic carbocycles. The summed E-state index contributed by atoms with van der Waals surface area (Å²) >= 11 is 13.6. The number of nitrogens with two attached hydrogens (primary N) is 1. The van der Waals surface area contributed by atoms with Crippen LogP contribution in [0, 0.1) is 12.7 Å². The van der Waals surface area contributed by atoms with E-state index in [9.17, 15) is 21.2 Å². The molecule has 0 fully saturated rings. The van der Waals surface area contributed by atoms with Gasteiger partial charge in [0.1, 0.15) is 28.0 Å². The van der Waals surface area contributed by atoms with Crippen LogP contribution in [0.4, 0.5) is 10.2 Å². The Labute approximate surface area is 564 Å². The number of hydrogen-bond donors (Lipinski definition) is 3. The zero-order valence-corrected chi connectivity index (χ0v) is 25.4. The summed E-state index contributed by atoms with van der Waals surface area (Å²) < 4.78 is 75.3. The molecule has 0 bridgehead atoms. The standard InChI is InChI=1S/C19H13Cl2FN4O3S2.C7H8O3S.42CH4/c20-10-1-2-16(12(3-10)13-6-25-26-19(13)23)29-17-5-15(22)18(4-14(17)21)31(27,28)8-11-7-30-9-24-11;1-6-2-4-7(5-3-6)11(8,9)10;;;;;;;;;;;;;;;;;;;;;;;;;;;;;;;;;;;;;;;;;;/h1-7,9H,8H2,(H3,23,25,26);2-5H,1H3,(H,8,9,10);42*1H4. The first kappa shape index (κ1) is 296. The van der Waals surface area contributed by atoms with E-state index >= 15 is 0 Å². The number of rotatable bonds is 7. The molecular formula is C68H189Cl2FN4O6S3. The molecule has 84 heavy (non-hydrogen) atoms. The number of aromatic nitrogens is 3. The van der Waals surface area contributed by atoms with Crippen LogP contribution in [0.1, 0.15) is 323 Å². The lowest BCUT2D eigenvalue weighted by molar-refractivity contribution is 0.475. The van der Waals surface area contributed by atoms with Crippen molar-refractivity contribution in [3.8, 4) is 22.6 Å². The van der Waals surface area contributed by atoms with Crippen LogP contribution in [0.2, 0.25) is 10.0 Å². The second kappa shape index (κ2) is 125. The lowest BCUT2D eigenvalue weighted by Gasteiger charge is -2.14. The van der Waals surface area contributed by atoms with Crippen molar-refractivity contribution in [1.82, 2.24) is 15.2 Å².